The average Bonchev–Trinajstić information content (AvgIpc) is 2.47. The molecule has 0 unspecified atom stereocenters. The zero-order chi connectivity index (χ0) is 14.5. The third-order valence-corrected chi connectivity index (χ3v) is 3.63. The predicted octanol–water partition coefficient (Wildman–Crippen LogP) is 1.14. The number of ether oxygens (including phenoxy) is 1. The quantitative estimate of drug-likeness (QED) is 0.777. The lowest BCUT2D eigenvalue weighted by molar-refractivity contribution is -0.130. The van der Waals surface area contributed by atoms with Gasteiger partial charge in [0.05, 0.1) is 12.7 Å². The molecule has 0 radical (unpaired) electrons. The van der Waals surface area contributed by atoms with E-state index in [1.807, 2.05) is 23.1 Å². The number of amides is 1. The van der Waals surface area contributed by atoms with Crippen LogP contribution in [-0.4, -0.2) is 55.0 Å². The normalized spacial score (nSPS) is 16.0. The third kappa shape index (κ3) is 3.36. The Kier molecular flexibility index (Phi) is 4.74. The SMILES string of the molecule is COC(=O)c1ccccc1CN1CCN(C(C)=O)CC1. The molecule has 1 saturated heterocycles. The number of rotatable bonds is 3. The van der Waals surface area contributed by atoms with Gasteiger partial charge in [0.2, 0.25) is 5.91 Å². The molecule has 1 fully saturated rings. The average molecular weight is 276 g/mol. The molecule has 0 aromatic heterocycles. The molecule has 0 N–H and O–H groups in total. The zero-order valence-electron chi connectivity index (χ0n) is 12.0. The molecule has 1 aromatic rings. The molecule has 1 amide bonds. The Morgan fingerprint density at radius 2 is 1.80 bits per heavy atom. The van der Waals surface area contributed by atoms with Gasteiger partial charge in [0.25, 0.3) is 0 Å². The van der Waals surface area contributed by atoms with Gasteiger partial charge in [-0.1, -0.05) is 18.2 Å². The highest BCUT2D eigenvalue weighted by Gasteiger charge is 2.20. The Labute approximate surface area is 119 Å². The van der Waals surface area contributed by atoms with Crippen LogP contribution < -0.4 is 0 Å². The maximum atomic E-state index is 11.7. The van der Waals surface area contributed by atoms with Crippen LogP contribution in [0.15, 0.2) is 24.3 Å². The van der Waals surface area contributed by atoms with Crippen molar-refractivity contribution in [1.82, 2.24) is 9.80 Å². The Morgan fingerprint density at radius 3 is 2.40 bits per heavy atom. The fourth-order valence-corrected chi connectivity index (χ4v) is 2.43. The molecule has 1 heterocycles. The van der Waals surface area contributed by atoms with Crippen LogP contribution in [0.2, 0.25) is 0 Å². The van der Waals surface area contributed by atoms with E-state index in [2.05, 4.69) is 4.90 Å². The molecule has 0 atom stereocenters. The lowest BCUT2D eigenvalue weighted by atomic mass is 10.1. The number of carbonyl (C=O) groups excluding carboxylic acids is 2. The highest BCUT2D eigenvalue weighted by molar-refractivity contribution is 5.90. The van der Waals surface area contributed by atoms with Gasteiger partial charge in [-0.25, -0.2) is 4.79 Å². The van der Waals surface area contributed by atoms with E-state index in [4.69, 9.17) is 4.74 Å². The molecular weight excluding hydrogens is 256 g/mol. The summed E-state index contributed by atoms with van der Waals surface area (Å²) < 4.78 is 4.80. The van der Waals surface area contributed by atoms with Crippen LogP contribution in [0, 0.1) is 0 Å². The van der Waals surface area contributed by atoms with Gasteiger partial charge in [0.15, 0.2) is 0 Å². The summed E-state index contributed by atoms with van der Waals surface area (Å²) in [6.07, 6.45) is 0. The van der Waals surface area contributed by atoms with Gasteiger partial charge in [0, 0.05) is 39.6 Å². The Bertz CT molecular complexity index is 494. The van der Waals surface area contributed by atoms with Crippen LogP contribution in [0.3, 0.4) is 0 Å². The zero-order valence-corrected chi connectivity index (χ0v) is 12.0. The van der Waals surface area contributed by atoms with Crippen molar-refractivity contribution >= 4 is 11.9 Å². The molecule has 5 heteroatoms. The fourth-order valence-electron chi connectivity index (χ4n) is 2.43. The smallest absolute Gasteiger partial charge is 0.338 e. The lowest BCUT2D eigenvalue weighted by Gasteiger charge is -2.34. The second-order valence-electron chi connectivity index (χ2n) is 4.93. The molecule has 1 aliphatic rings. The summed E-state index contributed by atoms with van der Waals surface area (Å²) in [7, 11) is 1.39. The lowest BCUT2D eigenvalue weighted by Crippen LogP contribution is -2.47. The topological polar surface area (TPSA) is 49.9 Å². The third-order valence-electron chi connectivity index (χ3n) is 3.63. The Balaban J connectivity index is 2.01. The van der Waals surface area contributed by atoms with Crippen molar-refractivity contribution in [1.29, 1.82) is 0 Å². The van der Waals surface area contributed by atoms with Gasteiger partial charge in [-0.3, -0.25) is 9.69 Å². The van der Waals surface area contributed by atoms with Crippen molar-refractivity contribution in [3.63, 3.8) is 0 Å². The Morgan fingerprint density at radius 1 is 1.15 bits per heavy atom. The minimum Gasteiger partial charge on any atom is -0.465 e. The number of methoxy groups -OCH3 is 1. The number of nitrogens with zero attached hydrogens (tertiary/aromatic N) is 2. The van der Waals surface area contributed by atoms with E-state index in [1.54, 1.807) is 13.0 Å². The number of piperazine rings is 1. The van der Waals surface area contributed by atoms with Crippen LogP contribution in [0.25, 0.3) is 0 Å². The molecule has 108 valence electrons. The molecule has 1 aromatic carbocycles. The molecule has 5 nitrogen and oxygen atoms in total. The number of esters is 1. The van der Waals surface area contributed by atoms with Gasteiger partial charge < -0.3 is 9.64 Å². The molecular formula is C15H20N2O3. The molecule has 1 aliphatic heterocycles. The summed E-state index contributed by atoms with van der Waals surface area (Å²) in [5, 5.41) is 0. The number of carbonyl (C=O) groups is 2. The highest BCUT2D eigenvalue weighted by atomic mass is 16.5. The van der Waals surface area contributed by atoms with E-state index in [9.17, 15) is 9.59 Å². The molecule has 0 aliphatic carbocycles. The standard InChI is InChI=1S/C15H20N2O3/c1-12(18)17-9-7-16(8-10-17)11-13-5-3-4-6-14(13)15(19)20-2/h3-6H,7-11H2,1-2H3. The van der Waals surface area contributed by atoms with E-state index in [1.165, 1.54) is 7.11 Å². The van der Waals surface area contributed by atoms with Crippen LogP contribution in [0.4, 0.5) is 0 Å². The summed E-state index contributed by atoms with van der Waals surface area (Å²) in [5.41, 5.74) is 1.58. The summed E-state index contributed by atoms with van der Waals surface area (Å²) in [5.74, 6) is -0.178. The minimum atomic E-state index is -0.303. The maximum absolute atomic E-state index is 11.7. The van der Waals surface area contributed by atoms with Crippen molar-refractivity contribution in [2.75, 3.05) is 33.3 Å². The highest BCUT2D eigenvalue weighted by Crippen LogP contribution is 2.14. The van der Waals surface area contributed by atoms with E-state index in [-0.39, 0.29) is 11.9 Å². The van der Waals surface area contributed by atoms with Crippen molar-refractivity contribution in [3.8, 4) is 0 Å². The monoisotopic (exact) mass is 276 g/mol. The van der Waals surface area contributed by atoms with Crippen LogP contribution in [-0.2, 0) is 16.1 Å². The molecule has 2 rings (SSSR count). The number of hydrogen-bond acceptors (Lipinski definition) is 4. The van der Waals surface area contributed by atoms with E-state index >= 15 is 0 Å². The summed E-state index contributed by atoms with van der Waals surface area (Å²) in [6.45, 7) is 5.45. The first-order valence-corrected chi connectivity index (χ1v) is 6.76. The molecule has 0 bridgehead atoms. The van der Waals surface area contributed by atoms with Crippen LogP contribution in [0.5, 0.6) is 0 Å². The van der Waals surface area contributed by atoms with Crippen molar-refractivity contribution < 1.29 is 14.3 Å². The number of hydrogen-bond donors (Lipinski definition) is 0. The van der Waals surface area contributed by atoms with Crippen LogP contribution >= 0.6 is 0 Å². The van der Waals surface area contributed by atoms with Crippen molar-refractivity contribution in [3.05, 3.63) is 35.4 Å². The van der Waals surface area contributed by atoms with E-state index in [0.717, 1.165) is 31.7 Å². The van der Waals surface area contributed by atoms with Gasteiger partial charge in [0.1, 0.15) is 0 Å². The summed E-state index contributed by atoms with van der Waals surface area (Å²) in [6, 6.07) is 7.49. The summed E-state index contributed by atoms with van der Waals surface area (Å²) >= 11 is 0. The van der Waals surface area contributed by atoms with Crippen molar-refractivity contribution in [2.24, 2.45) is 0 Å². The minimum absolute atomic E-state index is 0.125. The number of benzene rings is 1. The summed E-state index contributed by atoms with van der Waals surface area (Å²) in [4.78, 5) is 27.1. The molecule has 0 saturated carbocycles. The van der Waals surface area contributed by atoms with Crippen molar-refractivity contribution in [2.45, 2.75) is 13.5 Å². The first-order valence-electron chi connectivity index (χ1n) is 6.76. The van der Waals surface area contributed by atoms with Crippen LogP contribution in [0.1, 0.15) is 22.8 Å². The van der Waals surface area contributed by atoms with Gasteiger partial charge >= 0.3 is 5.97 Å². The second kappa shape index (κ2) is 6.52. The first kappa shape index (κ1) is 14.5. The largest absolute Gasteiger partial charge is 0.465 e. The van der Waals surface area contributed by atoms with Gasteiger partial charge in [-0.2, -0.15) is 0 Å². The van der Waals surface area contributed by atoms with E-state index < -0.39 is 0 Å². The maximum Gasteiger partial charge on any atom is 0.338 e. The van der Waals surface area contributed by atoms with Gasteiger partial charge in [-0.05, 0) is 11.6 Å². The van der Waals surface area contributed by atoms with E-state index in [0.29, 0.717) is 12.1 Å². The first-order chi connectivity index (χ1) is 9.61. The molecule has 20 heavy (non-hydrogen) atoms. The fraction of sp³-hybridized carbons (Fsp3) is 0.467. The predicted molar refractivity (Wildman–Crippen MR) is 75.3 cm³/mol. The Hall–Kier alpha value is -1.88. The second-order valence-corrected chi connectivity index (χ2v) is 4.93. The van der Waals surface area contributed by atoms with Gasteiger partial charge in [-0.15, -0.1) is 0 Å². The molecule has 0 spiro atoms.